The number of carbonyl (C=O) groups excluding carboxylic acids is 1. The van der Waals surface area contributed by atoms with Gasteiger partial charge in [0.25, 0.3) is 0 Å². The number of rotatable bonds is 10. The molecule has 0 spiro atoms. The first kappa shape index (κ1) is 17.5. The molecule has 2 aromatic rings. The fraction of sp³-hybridized carbons (Fsp3) is 0.476. The van der Waals surface area contributed by atoms with Crippen molar-refractivity contribution < 1.29 is 9.53 Å². The molecule has 0 aromatic heterocycles. The van der Waals surface area contributed by atoms with Crippen LogP contribution in [0.1, 0.15) is 69.2 Å². The Balaban J connectivity index is 1.78. The van der Waals surface area contributed by atoms with Crippen LogP contribution >= 0.6 is 0 Å². The zero-order valence-electron chi connectivity index (χ0n) is 14.4. The minimum atomic E-state index is 0.103. The molecule has 0 atom stereocenters. The molecule has 0 saturated carbocycles. The summed E-state index contributed by atoms with van der Waals surface area (Å²) in [6.07, 6.45) is 9.06. The van der Waals surface area contributed by atoms with Crippen LogP contribution in [0.3, 0.4) is 0 Å². The smallest absolute Gasteiger partial charge is 0.159 e. The molecule has 0 amide bonds. The zero-order valence-corrected chi connectivity index (χ0v) is 14.4. The highest BCUT2D eigenvalue weighted by molar-refractivity contribution is 5.98. The predicted octanol–water partition coefficient (Wildman–Crippen LogP) is 6.17. The fourth-order valence-electron chi connectivity index (χ4n) is 2.78. The summed E-state index contributed by atoms with van der Waals surface area (Å²) in [6, 6.07) is 11.9. The van der Waals surface area contributed by atoms with E-state index in [1.807, 2.05) is 30.3 Å². The molecule has 0 radical (unpaired) electrons. The number of benzene rings is 2. The lowest BCUT2D eigenvalue weighted by Crippen LogP contribution is -1.97. The Morgan fingerprint density at radius 3 is 2.26 bits per heavy atom. The summed E-state index contributed by atoms with van der Waals surface area (Å²) >= 11 is 0. The van der Waals surface area contributed by atoms with Crippen LogP contribution < -0.4 is 4.74 Å². The SMILES string of the molecule is CCCCCCCCCOc1ccc2cc(C(C)=O)ccc2c1. The van der Waals surface area contributed by atoms with E-state index in [-0.39, 0.29) is 5.78 Å². The molecule has 2 aromatic carbocycles. The van der Waals surface area contributed by atoms with Crippen LogP contribution in [0.5, 0.6) is 5.75 Å². The number of fused-ring (bicyclic) bond motifs is 1. The Labute approximate surface area is 139 Å². The average molecular weight is 312 g/mol. The van der Waals surface area contributed by atoms with E-state index in [0.717, 1.165) is 35.1 Å². The molecule has 23 heavy (non-hydrogen) atoms. The Bertz CT molecular complexity index is 631. The summed E-state index contributed by atoms with van der Waals surface area (Å²) in [7, 11) is 0. The van der Waals surface area contributed by atoms with Crippen molar-refractivity contribution in [3.63, 3.8) is 0 Å². The quantitative estimate of drug-likeness (QED) is 0.387. The van der Waals surface area contributed by atoms with Gasteiger partial charge in [0.15, 0.2) is 5.78 Å². The van der Waals surface area contributed by atoms with E-state index in [2.05, 4.69) is 13.0 Å². The molecule has 2 rings (SSSR count). The molecule has 0 bridgehead atoms. The van der Waals surface area contributed by atoms with Gasteiger partial charge >= 0.3 is 0 Å². The van der Waals surface area contributed by atoms with E-state index in [9.17, 15) is 4.79 Å². The van der Waals surface area contributed by atoms with Gasteiger partial charge in [0.2, 0.25) is 0 Å². The van der Waals surface area contributed by atoms with Gasteiger partial charge in [0, 0.05) is 5.56 Å². The first-order valence-electron chi connectivity index (χ1n) is 8.88. The Hall–Kier alpha value is -1.83. The lowest BCUT2D eigenvalue weighted by atomic mass is 10.0. The zero-order chi connectivity index (χ0) is 16.5. The van der Waals surface area contributed by atoms with Gasteiger partial charge in [0.05, 0.1) is 6.61 Å². The molecule has 0 fully saturated rings. The molecule has 0 N–H and O–H groups in total. The van der Waals surface area contributed by atoms with Crippen molar-refractivity contribution in [3.8, 4) is 5.75 Å². The molecule has 0 aliphatic rings. The van der Waals surface area contributed by atoms with E-state index in [1.165, 1.54) is 38.5 Å². The van der Waals surface area contributed by atoms with Crippen LogP contribution in [0.25, 0.3) is 10.8 Å². The lowest BCUT2D eigenvalue weighted by molar-refractivity contribution is 0.101. The van der Waals surface area contributed by atoms with Crippen molar-refractivity contribution in [2.45, 2.75) is 58.8 Å². The number of unbranched alkanes of at least 4 members (excludes halogenated alkanes) is 6. The second-order valence-electron chi connectivity index (χ2n) is 6.25. The van der Waals surface area contributed by atoms with E-state index in [4.69, 9.17) is 4.74 Å². The van der Waals surface area contributed by atoms with Crippen LogP contribution in [0, 0.1) is 0 Å². The molecule has 0 heterocycles. The number of carbonyl (C=O) groups is 1. The molecule has 0 aliphatic heterocycles. The molecule has 0 saturated heterocycles. The summed E-state index contributed by atoms with van der Waals surface area (Å²) in [5.41, 5.74) is 0.759. The Kier molecular flexibility index (Phi) is 7.12. The van der Waals surface area contributed by atoms with Crippen LogP contribution in [0.4, 0.5) is 0 Å². The van der Waals surface area contributed by atoms with E-state index in [1.54, 1.807) is 6.92 Å². The highest BCUT2D eigenvalue weighted by Gasteiger charge is 2.02. The van der Waals surface area contributed by atoms with Gasteiger partial charge in [-0.05, 0) is 42.3 Å². The van der Waals surface area contributed by atoms with Crippen LogP contribution in [0.15, 0.2) is 36.4 Å². The average Bonchev–Trinajstić information content (AvgIpc) is 2.56. The fourth-order valence-corrected chi connectivity index (χ4v) is 2.78. The van der Waals surface area contributed by atoms with Crippen molar-refractivity contribution >= 4 is 16.6 Å². The summed E-state index contributed by atoms with van der Waals surface area (Å²) in [5.74, 6) is 1.02. The first-order valence-corrected chi connectivity index (χ1v) is 8.88. The molecule has 124 valence electrons. The number of hydrogen-bond acceptors (Lipinski definition) is 2. The highest BCUT2D eigenvalue weighted by Crippen LogP contribution is 2.22. The van der Waals surface area contributed by atoms with Crippen molar-refractivity contribution in [1.29, 1.82) is 0 Å². The van der Waals surface area contributed by atoms with Gasteiger partial charge in [0.1, 0.15) is 5.75 Å². The number of Topliss-reactive ketones (excluding diaryl/α,β-unsaturated/α-hetero) is 1. The second-order valence-corrected chi connectivity index (χ2v) is 6.25. The second kappa shape index (κ2) is 9.34. The van der Waals surface area contributed by atoms with Gasteiger partial charge in [-0.15, -0.1) is 0 Å². The summed E-state index contributed by atoms with van der Waals surface area (Å²) in [5, 5.41) is 2.20. The van der Waals surface area contributed by atoms with Gasteiger partial charge < -0.3 is 4.74 Å². The van der Waals surface area contributed by atoms with E-state index < -0.39 is 0 Å². The van der Waals surface area contributed by atoms with Crippen molar-refractivity contribution in [1.82, 2.24) is 0 Å². The van der Waals surface area contributed by atoms with E-state index in [0.29, 0.717) is 0 Å². The molecular weight excluding hydrogens is 284 g/mol. The summed E-state index contributed by atoms with van der Waals surface area (Å²) < 4.78 is 5.85. The van der Waals surface area contributed by atoms with Gasteiger partial charge in [-0.25, -0.2) is 0 Å². The van der Waals surface area contributed by atoms with Crippen LogP contribution in [-0.4, -0.2) is 12.4 Å². The van der Waals surface area contributed by atoms with Gasteiger partial charge in [-0.3, -0.25) is 4.79 Å². The highest BCUT2D eigenvalue weighted by atomic mass is 16.5. The first-order chi connectivity index (χ1) is 11.2. The third-order valence-corrected chi connectivity index (χ3v) is 4.23. The van der Waals surface area contributed by atoms with Crippen LogP contribution in [-0.2, 0) is 0 Å². The normalized spacial score (nSPS) is 10.9. The summed E-state index contributed by atoms with van der Waals surface area (Å²) in [6.45, 7) is 4.63. The van der Waals surface area contributed by atoms with Crippen LogP contribution in [0.2, 0.25) is 0 Å². The predicted molar refractivity (Wildman–Crippen MR) is 97.4 cm³/mol. The maximum Gasteiger partial charge on any atom is 0.159 e. The monoisotopic (exact) mass is 312 g/mol. The van der Waals surface area contributed by atoms with Crippen molar-refractivity contribution in [2.75, 3.05) is 6.61 Å². The Morgan fingerprint density at radius 2 is 1.52 bits per heavy atom. The standard InChI is InChI=1S/C21H28O2/c1-3-4-5-6-7-8-9-14-23-21-13-12-19-15-18(17(2)22)10-11-20(19)16-21/h10-13,15-16H,3-9,14H2,1-2H3. The number of ketones is 1. The largest absolute Gasteiger partial charge is 0.494 e. The lowest BCUT2D eigenvalue weighted by Gasteiger charge is -2.08. The minimum Gasteiger partial charge on any atom is -0.494 e. The summed E-state index contributed by atoms with van der Waals surface area (Å²) in [4.78, 5) is 11.4. The Morgan fingerprint density at radius 1 is 0.870 bits per heavy atom. The third kappa shape index (κ3) is 5.70. The maximum atomic E-state index is 11.4. The maximum absolute atomic E-state index is 11.4. The molecular formula is C21H28O2. The molecule has 0 aliphatic carbocycles. The van der Waals surface area contributed by atoms with Gasteiger partial charge in [-0.2, -0.15) is 0 Å². The number of hydrogen-bond donors (Lipinski definition) is 0. The molecule has 2 heteroatoms. The van der Waals surface area contributed by atoms with Crippen molar-refractivity contribution in [2.24, 2.45) is 0 Å². The molecule has 0 unspecified atom stereocenters. The van der Waals surface area contributed by atoms with E-state index >= 15 is 0 Å². The van der Waals surface area contributed by atoms with Gasteiger partial charge in [-0.1, -0.05) is 63.6 Å². The minimum absolute atomic E-state index is 0.103. The third-order valence-electron chi connectivity index (χ3n) is 4.23. The van der Waals surface area contributed by atoms with Crippen molar-refractivity contribution in [3.05, 3.63) is 42.0 Å². The number of ether oxygens (including phenoxy) is 1. The topological polar surface area (TPSA) is 26.3 Å². The molecule has 2 nitrogen and oxygen atoms in total.